The van der Waals surface area contributed by atoms with E-state index in [-0.39, 0.29) is 41.6 Å². The smallest absolute Gasteiger partial charge is 0.423 e. The molecule has 184 valence electrons. The molecule has 3 unspecified atom stereocenters. The molecule has 1 rings (SSSR count). The maximum absolute atomic E-state index is 13.2. The maximum atomic E-state index is 13.2. The third-order valence-electron chi connectivity index (χ3n) is 5.45. The Morgan fingerprint density at radius 2 is 1.73 bits per heavy atom. The van der Waals surface area contributed by atoms with E-state index in [1.165, 1.54) is 12.1 Å². The molecule has 0 saturated heterocycles. The minimum atomic E-state index is -1.65. The first-order chi connectivity index (χ1) is 15.6. The summed E-state index contributed by atoms with van der Waals surface area (Å²) in [4.78, 5) is 38.3. The molecule has 33 heavy (non-hydrogen) atoms. The van der Waals surface area contributed by atoms with Crippen molar-refractivity contribution in [2.24, 2.45) is 23.5 Å². The molecule has 9 nitrogen and oxygen atoms in total. The van der Waals surface area contributed by atoms with Gasteiger partial charge in [0, 0.05) is 36.0 Å². The van der Waals surface area contributed by atoms with Gasteiger partial charge in [-0.05, 0) is 63.7 Å². The number of hydrogen-bond donors (Lipinski definition) is 6. The van der Waals surface area contributed by atoms with Crippen LogP contribution in [0, 0.1) is 17.8 Å². The quantitative estimate of drug-likeness (QED) is 0.173. The standard InChI is InChI=1S/C23H39BN4O5/c1-5-17(22(30)27-15(2)3)13-18(12-16(4)21(29)26-11-7-10-25)23(31)28-20-9-6-8-19(14-20)24(32)33/h6,8-9,14-18,32-33H,5,7,10-13,25H2,1-4H3,(H,26,29)(H,27,30)(H,28,31). The fraction of sp³-hybridized carbons (Fsp3) is 0.609. The predicted molar refractivity (Wildman–Crippen MR) is 131 cm³/mol. The summed E-state index contributed by atoms with van der Waals surface area (Å²) in [5, 5.41) is 27.3. The van der Waals surface area contributed by atoms with Crippen LogP contribution in [0.1, 0.15) is 53.4 Å². The van der Waals surface area contributed by atoms with E-state index in [0.29, 0.717) is 38.0 Å². The molecule has 0 bridgehead atoms. The van der Waals surface area contributed by atoms with Gasteiger partial charge in [0.05, 0.1) is 0 Å². The molecular formula is C23H39BN4O5. The normalized spacial score (nSPS) is 13.7. The van der Waals surface area contributed by atoms with Crippen LogP contribution >= 0.6 is 0 Å². The van der Waals surface area contributed by atoms with Gasteiger partial charge in [0.25, 0.3) is 0 Å². The Hall–Kier alpha value is -2.43. The number of carbonyl (C=O) groups excluding carboxylic acids is 3. The number of anilines is 1. The summed E-state index contributed by atoms with van der Waals surface area (Å²) in [5.41, 5.74) is 6.14. The summed E-state index contributed by atoms with van der Waals surface area (Å²) < 4.78 is 0. The second-order valence-corrected chi connectivity index (χ2v) is 8.76. The van der Waals surface area contributed by atoms with Gasteiger partial charge >= 0.3 is 7.12 Å². The topological polar surface area (TPSA) is 154 Å². The third-order valence-corrected chi connectivity index (χ3v) is 5.45. The van der Waals surface area contributed by atoms with Gasteiger partial charge < -0.3 is 31.7 Å². The fourth-order valence-electron chi connectivity index (χ4n) is 3.56. The van der Waals surface area contributed by atoms with E-state index in [4.69, 9.17) is 5.73 Å². The van der Waals surface area contributed by atoms with E-state index >= 15 is 0 Å². The minimum Gasteiger partial charge on any atom is -0.423 e. The van der Waals surface area contributed by atoms with Gasteiger partial charge in [-0.1, -0.05) is 26.0 Å². The second kappa shape index (κ2) is 14.7. The van der Waals surface area contributed by atoms with E-state index in [2.05, 4.69) is 16.0 Å². The SMILES string of the molecule is CCC(CC(CC(C)C(=O)NCCCN)C(=O)Nc1cccc(B(O)O)c1)C(=O)NC(C)C. The zero-order valence-electron chi connectivity index (χ0n) is 20.1. The summed E-state index contributed by atoms with van der Waals surface area (Å²) in [6.45, 7) is 8.37. The Balaban J connectivity index is 3.01. The van der Waals surface area contributed by atoms with Crippen molar-refractivity contribution in [3.8, 4) is 0 Å². The third kappa shape index (κ3) is 10.4. The Bertz CT molecular complexity index is 775. The molecule has 0 aliphatic carbocycles. The molecule has 0 radical (unpaired) electrons. The van der Waals surface area contributed by atoms with Gasteiger partial charge in [-0.25, -0.2) is 0 Å². The summed E-state index contributed by atoms with van der Waals surface area (Å²) >= 11 is 0. The highest BCUT2D eigenvalue weighted by Crippen LogP contribution is 2.25. The lowest BCUT2D eigenvalue weighted by molar-refractivity contribution is -0.128. The average Bonchev–Trinajstić information content (AvgIpc) is 2.75. The van der Waals surface area contributed by atoms with Crippen molar-refractivity contribution in [2.45, 2.75) is 59.4 Å². The molecule has 0 aliphatic heterocycles. The van der Waals surface area contributed by atoms with Crippen molar-refractivity contribution in [3.63, 3.8) is 0 Å². The Labute approximate surface area is 197 Å². The molecular weight excluding hydrogens is 423 g/mol. The highest BCUT2D eigenvalue weighted by Gasteiger charge is 2.30. The van der Waals surface area contributed by atoms with Crippen LogP contribution in [0.3, 0.4) is 0 Å². The van der Waals surface area contributed by atoms with Crippen LogP contribution in [0.5, 0.6) is 0 Å². The van der Waals surface area contributed by atoms with Crippen molar-refractivity contribution >= 4 is 36.0 Å². The molecule has 0 aliphatic rings. The molecule has 0 spiro atoms. The largest absolute Gasteiger partial charge is 0.488 e. The van der Waals surface area contributed by atoms with Crippen LogP contribution in [-0.4, -0.2) is 54.0 Å². The van der Waals surface area contributed by atoms with E-state index in [1.807, 2.05) is 20.8 Å². The Morgan fingerprint density at radius 1 is 1.03 bits per heavy atom. The van der Waals surface area contributed by atoms with Gasteiger partial charge in [0.15, 0.2) is 0 Å². The van der Waals surface area contributed by atoms with E-state index < -0.39 is 19.0 Å². The molecule has 0 aromatic heterocycles. The molecule has 0 saturated carbocycles. The molecule has 1 aromatic carbocycles. The molecule has 3 atom stereocenters. The van der Waals surface area contributed by atoms with Gasteiger partial charge in [-0.2, -0.15) is 0 Å². The lowest BCUT2D eigenvalue weighted by atomic mass is 9.80. The molecule has 0 fully saturated rings. The van der Waals surface area contributed by atoms with Crippen LogP contribution in [-0.2, 0) is 14.4 Å². The van der Waals surface area contributed by atoms with E-state index in [9.17, 15) is 24.4 Å². The number of nitrogens with two attached hydrogens (primary N) is 1. The van der Waals surface area contributed by atoms with Crippen LogP contribution in [0.4, 0.5) is 5.69 Å². The van der Waals surface area contributed by atoms with Crippen LogP contribution in [0.25, 0.3) is 0 Å². The fourth-order valence-corrected chi connectivity index (χ4v) is 3.56. The zero-order chi connectivity index (χ0) is 25.0. The Morgan fingerprint density at radius 3 is 2.30 bits per heavy atom. The molecule has 7 N–H and O–H groups in total. The van der Waals surface area contributed by atoms with Crippen molar-refractivity contribution in [1.29, 1.82) is 0 Å². The van der Waals surface area contributed by atoms with Gasteiger partial charge in [-0.3, -0.25) is 14.4 Å². The van der Waals surface area contributed by atoms with Crippen LogP contribution < -0.4 is 27.1 Å². The zero-order valence-corrected chi connectivity index (χ0v) is 20.1. The Kier molecular flexibility index (Phi) is 12.7. The number of carbonyl (C=O) groups is 3. The second-order valence-electron chi connectivity index (χ2n) is 8.76. The van der Waals surface area contributed by atoms with Gasteiger partial charge in [0.1, 0.15) is 0 Å². The predicted octanol–water partition coefficient (Wildman–Crippen LogP) is 0.353. The molecule has 10 heteroatoms. The monoisotopic (exact) mass is 462 g/mol. The first-order valence-corrected chi connectivity index (χ1v) is 11.6. The lowest BCUT2D eigenvalue weighted by Crippen LogP contribution is -2.39. The van der Waals surface area contributed by atoms with Gasteiger partial charge in [-0.15, -0.1) is 0 Å². The number of nitrogens with one attached hydrogen (secondary N) is 3. The summed E-state index contributed by atoms with van der Waals surface area (Å²) in [7, 11) is -1.65. The van der Waals surface area contributed by atoms with Gasteiger partial charge in [0.2, 0.25) is 17.7 Å². The van der Waals surface area contributed by atoms with Crippen LogP contribution in [0.15, 0.2) is 24.3 Å². The first kappa shape index (κ1) is 28.6. The number of amides is 3. The molecule has 1 aromatic rings. The first-order valence-electron chi connectivity index (χ1n) is 11.6. The van der Waals surface area contributed by atoms with Crippen molar-refractivity contribution in [1.82, 2.24) is 10.6 Å². The van der Waals surface area contributed by atoms with E-state index in [1.54, 1.807) is 19.1 Å². The average molecular weight is 462 g/mol. The van der Waals surface area contributed by atoms with Crippen molar-refractivity contribution in [2.75, 3.05) is 18.4 Å². The summed E-state index contributed by atoms with van der Waals surface area (Å²) in [6, 6.07) is 6.25. The number of rotatable bonds is 14. The molecule has 0 heterocycles. The minimum absolute atomic E-state index is 0.0151. The van der Waals surface area contributed by atoms with Crippen molar-refractivity contribution in [3.05, 3.63) is 24.3 Å². The maximum Gasteiger partial charge on any atom is 0.488 e. The lowest BCUT2D eigenvalue weighted by Gasteiger charge is -2.25. The van der Waals surface area contributed by atoms with E-state index in [0.717, 1.165) is 0 Å². The highest BCUT2D eigenvalue weighted by atomic mass is 16.4. The number of hydrogen-bond acceptors (Lipinski definition) is 6. The van der Waals surface area contributed by atoms with Crippen molar-refractivity contribution < 1.29 is 24.4 Å². The summed E-state index contributed by atoms with van der Waals surface area (Å²) in [6.07, 6.45) is 1.80. The summed E-state index contributed by atoms with van der Waals surface area (Å²) in [5.74, 6) is -2.00. The molecule has 3 amide bonds. The number of benzene rings is 1. The highest BCUT2D eigenvalue weighted by molar-refractivity contribution is 6.58. The van der Waals surface area contributed by atoms with Crippen LogP contribution in [0.2, 0.25) is 0 Å².